The number of rotatable bonds is 5. The molecule has 2 aromatic carbocycles. The second-order valence-electron chi connectivity index (χ2n) is 4.84. The zero-order valence-corrected chi connectivity index (χ0v) is 13.3. The minimum atomic E-state index is 0.123. The lowest BCUT2D eigenvalue weighted by Gasteiger charge is -2.14. The van der Waals surface area contributed by atoms with Gasteiger partial charge in [-0.15, -0.1) is 0 Å². The SMILES string of the molecule is CC(NCc1ccc(C(N)=NO)cc1)c1ccc(Br)cc1. The van der Waals surface area contributed by atoms with Crippen molar-refractivity contribution in [2.24, 2.45) is 10.9 Å². The zero-order chi connectivity index (χ0) is 15.2. The van der Waals surface area contributed by atoms with Gasteiger partial charge >= 0.3 is 0 Å². The van der Waals surface area contributed by atoms with Gasteiger partial charge in [0.1, 0.15) is 0 Å². The van der Waals surface area contributed by atoms with Gasteiger partial charge in [-0.1, -0.05) is 57.5 Å². The van der Waals surface area contributed by atoms with Gasteiger partial charge in [-0.25, -0.2) is 0 Å². The molecule has 0 aliphatic heterocycles. The van der Waals surface area contributed by atoms with E-state index in [1.807, 2.05) is 36.4 Å². The van der Waals surface area contributed by atoms with Gasteiger partial charge in [0, 0.05) is 22.6 Å². The summed E-state index contributed by atoms with van der Waals surface area (Å²) in [6.07, 6.45) is 0. The predicted octanol–water partition coefficient (Wildman–Crippen LogP) is 3.39. The van der Waals surface area contributed by atoms with E-state index in [2.05, 4.69) is 45.5 Å². The first-order chi connectivity index (χ1) is 10.1. The first-order valence-corrected chi connectivity index (χ1v) is 7.45. The summed E-state index contributed by atoms with van der Waals surface area (Å²) >= 11 is 3.44. The first-order valence-electron chi connectivity index (χ1n) is 6.66. The molecule has 0 aliphatic carbocycles. The standard InChI is InChI=1S/C16H18BrN3O/c1-11(13-6-8-15(17)9-7-13)19-10-12-2-4-14(5-3-12)16(18)20-21/h2-9,11,19,21H,10H2,1H3,(H2,18,20). The molecule has 0 amide bonds. The molecule has 0 aliphatic rings. The normalized spacial score (nSPS) is 13.1. The third-order valence-electron chi connectivity index (χ3n) is 3.34. The lowest BCUT2D eigenvalue weighted by molar-refractivity contribution is 0.318. The summed E-state index contributed by atoms with van der Waals surface area (Å²) in [6.45, 7) is 2.89. The molecule has 21 heavy (non-hydrogen) atoms. The van der Waals surface area contributed by atoms with E-state index in [4.69, 9.17) is 10.9 Å². The molecule has 4 N–H and O–H groups in total. The predicted molar refractivity (Wildman–Crippen MR) is 88.3 cm³/mol. The molecule has 0 aromatic heterocycles. The van der Waals surface area contributed by atoms with Crippen molar-refractivity contribution < 1.29 is 5.21 Å². The van der Waals surface area contributed by atoms with Crippen molar-refractivity contribution in [1.82, 2.24) is 5.32 Å². The van der Waals surface area contributed by atoms with E-state index < -0.39 is 0 Å². The topological polar surface area (TPSA) is 70.6 Å². The van der Waals surface area contributed by atoms with Crippen molar-refractivity contribution in [2.75, 3.05) is 0 Å². The smallest absolute Gasteiger partial charge is 0.170 e. The molecule has 0 fully saturated rings. The Morgan fingerprint density at radius 2 is 1.81 bits per heavy atom. The van der Waals surface area contributed by atoms with E-state index in [-0.39, 0.29) is 11.9 Å². The maximum Gasteiger partial charge on any atom is 0.170 e. The molecule has 0 saturated heterocycles. The van der Waals surface area contributed by atoms with Gasteiger partial charge in [0.25, 0.3) is 0 Å². The molecule has 5 heteroatoms. The first kappa shape index (κ1) is 15.5. The Bertz CT molecular complexity index is 608. The summed E-state index contributed by atoms with van der Waals surface area (Å²) in [6, 6.07) is 16.2. The lowest BCUT2D eigenvalue weighted by atomic mass is 10.1. The highest BCUT2D eigenvalue weighted by Gasteiger charge is 2.05. The van der Waals surface area contributed by atoms with Crippen LogP contribution in [0.2, 0.25) is 0 Å². The third kappa shape index (κ3) is 4.31. The fraction of sp³-hybridized carbons (Fsp3) is 0.188. The van der Waals surface area contributed by atoms with E-state index in [0.29, 0.717) is 5.56 Å². The van der Waals surface area contributed by atoms with Crippen molar-refractivity contribution in [3.8, 4) is 0 Å². The maximum absolute atomic E-state index is 8.63. The van der Waals surface area contributed by atoms with Crippen molar-refractivity contribution in [2.45, 2.75) is 19.5 Å². The summed E-state index contributed by atoms with van der Waals surface area (Å²) in [7, 11) is 0. The monoisotopic (exact) mass is 347 g/mol. The molecule has 0 saturated carbocycles. The van der Waals surface area contributed by atoms with Crippen LogP contribution in [0.1, 0.15) is 29.7 Å². The van der Waals surface area contributed by atoms with E-state index in [1.54, 1.807) is 0 Å². The Labute approximate surface area is 132 Å². The molecule has 2 aromatic rings. The largest absolute Gasteiger partial charge is 0.409 e. The number of oxime groups is 1. The van der Waals surface area contributed by atoms with Gasteiger partial charge in [0.15, 0.2) is 5.84 Å². The Morgan fingerprint density at radius 3 is 2.38 bits per heavy atom. The second-order valence-corrected chi connectivity index (χ2v) is 5.75. The molecule has 1 unspecified atom stereocenters. The minimum absolute atomic E-state index is 0.123. The minimum Gasteiger partial charge on any atom is -0.409 e. The van der Waals surface area contributed by atoms with Crippen molar-refractivity contribution >= 4 is 21.8 Å². The van der Waals surface area contributed by atoms with E-state index >= 15 is 0 Å². The van der Waals surface area contributed by atoms with Crippen LogP contribution in [0.4, 0.5) is 0 Å². The highest BCUT2D eigenvalue weighted by atomic mass is 79.9. The van der Waals surface area contributed by atoms with Crippen molar-refractivity contribution in [3.63, 3.8) is 0 Å². The van der Waals surface area contributed by atoms with Crippen LogP contribution in [0.5, 0.6) is 0 Å². The summed E-state index contributed by atoms with van der Waals surface area (Å²) < 4.78 is 1.08. The van der Waals surface area contributed by atoms with Gasteiger partial charge in [-0.2, -0.15) is 0 Å². The van der Waals surface area contributed by atoms with Crippen LogP contribution in [-0.2, 0) is 6.54 Å². The van der Waals surface area contributed by atoms with Crippen LogP contribution in [0, 0.1) is 0 Å². The van der Waals surface area contributed by atoms with Gasteiger partial charge in [-0.05, 0) is 30.2 Å². The summed E-state index contributed by atoms with van der Waals surface area (Å²) in [5, 5.41) is 15.1. The number of nitrogens with one attached hydrogen (secondary N) is 1. The molecule has 110 valence electrons. The van der Waals surface area contributed by atoms with E-state index in [0.717, 1.165) is 16.6 Å². The van der Waals surface area contributed by atoms with E-state index in [1.165, 1.54) is 5.56 Å². The highest BCUT2D eigenvalue weighted by molar-refractivity contribution is 9.10. The molecule has 0 spiro atoms. The Hall–Kier alpha value is -1.85. The average Bonchev–Trinajstić information content (AvgIpc) is 2.53. The van der Waals surface area contributed by atoms with Crippen molar-refractivity contribution in [3.05, 3.63) is 69.7 Å². The van der Waals surface area contributed by atoms with Crippen LogP contribution >= 0.6 is 15.9 Å². The van der Waals surface area contributed by atoms with Gasteiger partial charge in [-0.3, -0.25) is 0 Å². The maximum atomic E-state index is 8.63. The van der Waals surface area contributed by atoms with Crippen LogP contribution in [0.25, 0.3) is 0 Å². The molecule has 0 bridgehead atoms. The summed E-state index contributed by atoms with van der Waals surface area (Å²) in [5.41, 5.74) is 8.63. The number of nitrogens with two attached hydrogens (primary N) is 1. The molecule has 1 atom stereocenters. The fourth-order valence-corrected chi connectivity index (χ4v) is 2.26. The number of hydrogen-bond donors (Lipinski definition) is 3. The molecule has 0 heterocycles. The van der Waals surface area contributed by atoms with Crippen LogP contribution in [0.15, 0.2) is 58.2 Å². The third-order valence-corrected chi connectivity index (χ3v) is 3.87. The Kier molecular flexibility index (Phi) is 5.36. The van der Waals surface area contributed by atoms with Crippen LogP contribution in [0.3, 0.4) is 0 Å². The molecule has 2 rings (SSSR count). The van der Waals surface area contributed by atoms with Crippen molar-refractivity contribution in [1.29, 1.82) is 0 Å². The number of halogens is 1. The summed E-state index contributed by atoms with van der Waals surface area (Å²) in [5.74, 6) is 0.123. The zero-order valence-electron chi connectivity index (χ0n) is 11.8. The Morgan fingerprint density at radius 1 is 1.19 bits per heavy atom. The van der Waals surface area contributed by atoms with Gasteiger partial charge in [0.05, 0.1) is 0 Å². The second kappa shape index (κ2) is 7.24. The fourth-order valence-electron chi connectivity index (χ4n) is 1.99. The van der Waals surface area contributed by atoms with Crippen LogP contribution in [-0.4, -0.2) is 11.0 Å². The number of benzene rings is 2. The molecular weight excluding hydrogens is 330 g/mol. The molecular formula is C16H18BrN3O. The quantitative estimate of drug-likeness (QED) is 0.336. The molecule has 4 nitrogen and oxygen atoms in total. The average molecular weight is 348 g/mol. The lowest BCUT2D eigenvalue weighted by Crippen LogP contribution is -2.18. The van der Waals surface area contributed by atoms with Gasteiger partial charge < -0.3 is 16.3 Å². The Balaban J connectivity index is 1.95. The highest BCUT2D eigenvalue weighted by Crippen LogP contribution is 2.17. The number of amidine groups is 1. The summed E-state index contributed by atoms with van der Waals surface area (Å²) in [4.78, 5) is 0. The van der Waals surface area contributed by atoms with E-state index in [9.17, 15) is 0 Å². The molecule has 0 radical (unpaired) electrons. The van der Waals surface area contributed by atoms with Crippen LogP contribution < -0.4 is 11.1 Å². The number of hydrogen-bond acceptors (Lipinski definition) is 3. The van der Waals surface area contributed by atoms with Gasteiger partial charge in [0.2, 0.25) is 0 Å². The number of nitrogens with zero attached hydrogens (tertiary/aromatic N) is 1.